The summed E-state index contributed by atoms with van der Waals surface area (Å²) in [6, 6.07) is 8.65. The molecule has 76 valence electrons. The predicted octanol–water partition coefficient (Wildman–Crippen LogP) is 2.80. The molecule has 0 atom stereocenters. The largest absolute Gasteiger partial charge is 0.295 e. The van der Waals surface area contributed by atoms with Gasteiger partial charge in [-0.25, -0.2) is 0 Å². The summed E-state index contributed by atoms with van der Waals surface area (Å²) in [6.45, 7) is 3.43. The van der Waals surface area contributed by atoms with E-state index >= 15 is 0 Å². The third-order valence-corrected chi connectivity index (χ3v) is 3.17. The summed E-state index contributed by atoms with van der Waals surface area (Å²) in [6.07, 6.45) is 8.07. The van der Waals surface area contributed by atoms with Crippen LogP contribution in [0.3, 0.4) is 0 Å². The van der Waals surface area contributed by atoms with Crippen LogP contribution in [0.15, 0.2) is 36.4 Å². The van der Waals surface area contributed by atoms with Gasteiger partial charge in [0.25, 0.3) is 0 Å². The van der Waals surface area contributed by atoms with E-state index in [1.165, 1.54) is 29.7 Å². The minimum atomic E-state index is 1.11. The number of hydrogen-bond donors (Lipinski definition) is 0. The lowest BCUT2D eigenvalue weighted by molar-refractivity contribution is 0.335. The van der Waals surface area contributed by atoms with E-state index in [9.17, 15) is 0 Å². The van der Waals surface area contributed by atoms with Crippen molar-refractivity contribution in [3.05, 3.63) is 47.5 Å². The van der Waals surface area contributed by atoms with Crippen LogP contribution in [-0.4, -0.2) is 24.5 Å². The van der Waals surface area contributed by atoms with Crippen molar-refractivity contribution in [3.63, 3.8) is 0 Å². The molecule has 0 radical (unpaired) electrons. The second-order valence-corrected chi connectivity index (χ2v) is 4.25. The Labute approximate surface area is 90.7 Å². The highest BCUT2D eigenvalue weighted by atomic mass is 15.1. The van der Waals surface area contributed by atoms with Gasteiger partial charge in [-0.3, -0.25) is 4.90 Å². The monoisotopic (exact) mass is 197 g/mol. The second-order valence-electron chi connectivity index (χ2n) is 4.25. The molecular formula is C14H15N. The molecule has 0 saturated carbocycles. The van der Waals surface area contributed by atoms with Crippen LogP contribution in [0, 0.1) is 0 Å². The molecule has 1 heteroatoms. The molecule has 0 amide bonds. The molecule has 0 spiro atoms. The van der Waals surface area contributed by atoms with E-state index in [1.807, 2.05) is 0 Å². The van der Waals surface area contributed by atoms with Gasteiger partial charge in [0.1, 0.15) is 0 Å². The Bertz CT molecular complexity index is 429. The fraction of sp³-hybridized carbons (Fsp3) is 0.286. The first-order valence-corrected chi connectivity index (χ1v) is 5.61. The van der Waals surface area contributed by atoms with Gasteiger partial charge in [-0.1, -0.05) is 36.4 Å². The highest BCUT2D eigenvalue weighted by Crippen LogP contribution is 2.32. The lowest BCUT2D eigenvalue weighted by Gasteiger charge is -2.28. The minimum absolute atomic E-state index is 1.11. The Balaban J connectivity index is 1.69. The number of nitrogens with zero attached hydrogens (tertiary/aromatic N) is 1. The van der Waals surface area contributed by atoms with Crippen molar-refractivity contribution in [3.8, 4) is 0 Å². The Hall–Kier alpha value is -1.34. The highest BCUT2D eigenvalue weighted by molar-refractivity contribution is 5.96. The van der Waals surface area contributed by atoms with Gasteiger partial charge in [-0.05, 0) is 29.2 Å². The van der Waals surface area contributed by atoms with Crippen LogP contribution in [0.25, 0.3) is 11.6 Å². The number of benzene rings is 1. The van der Waals surface area contributed by atoms with E-state index in [0.717, 1.165) is 13.1 Å². The minimum Gasteiger partial charge on any atom is -0.295 e. The van der Waals surface area contributed by atoms with Gasteiger partial charge in [-0.2, -0.15) is 0 Å². The smallest absolute Gasteiger partial charge is 0.0243 e. The summed E-state index contributed by atoms with van der Waals surface area (Å²) in [4.78, 5) is 2.50. The molecule has 0 fully saturated rings. The molecule has 1 aromatic rings. The molecule has 1 heterocycles. The molecule has 0 N–H and O–H groups in total. The maximum absolute atomic E-state index is 2.50. The number of rotatable bonds is 2. The molecule has 1 aliphatic heterocycles. The van der Waals surface area contributed by atoms with Crippen molar-refractivity contribution < 1.29 is 0 Å². The molecule has 2 aliphatic rings. The zero-order valence-corrected chi connectivity index (χ0v) is 8.82. The molecule has 0 aromatic heterocycles. The van der Waals surface area contributed by atoms with Crippen molar-refractivity contribution in [2.24, 2.45) is 0 Å². The summed E-state index contributed by atoms with van der Waals surface area (Å²) in [5.41, 5.74) is 4.35. The van der Waals surface area contributed by atoms with Crippen LogP contribution < -0.4 is 0 Å². The lowest BCUT2D eigenvalue weighted by Crippen LogP contribution is -2.29. The van der Waals surface area contributed by atoms with Gasteiger partial charge in [0.2, 0.25) is 0 Å². The van der Waals surface area contributed by atoms with Gasteiger partial charge in [0.05, 0.1) is 0 Å². The molecule has 15 heavy (non-hydrogen) atoms. The molecular weight excluding hydrogens is 182 g/mol. The fourth-order valence-electron chi connectivity index (χ4n) is 2.31. The van der Waals surface area contributed by atoms with Crippen LogP contribution in [0.4, 0.5) is 0 Å². The zero-order valence-electron chi connectivity index (χ0n) is 8.82. The van der Waals surface area contributed by atoms with Crippen LogP contribution in [-0.2, 0) is 0 Å². The van der Waals surface area contributed by atoms with E-state index in [2.05, 4.69) is 47.4 Å². The Morgan fingerprint density at radius 2 is 2.07 bits per heavy atom. The lowest BCUT2D eigenvalue weighted by atomic mass is 9.88. The predicted molar refractivity (Wildman–Crippen MR) is 64.5 cm³/mol. The second kappa shape index (κ2) is 3.67. The first kappa shape index (κ1) is 8.93. The van der Waals surface area contributed by atoms with Crippen LogP contribution in [0.1, 0.15) is 17.5 Å². The van der Waals surface area contributed by atoms with Gasteiger partial charge in [-0.15, -0.1) is 0 Å². The highest BCUT2D eigenvalue weighted by Gasteiger charge is 2.17. The Morgan fingerprint density at radius 1 is 1.13 bits per heavy atom. The quantitative estimate of drug-likeness (QED) is 0.659. The standard InChI is InChI=1S/C14H15N/c1-4-8-15(9-5-1)11-13-10-12-6-2-3-7-14(12)13/h1-4,6-7,10H,5,8-9,11H2. The molecule has 1 nitrogen and oxygen atoms in total. The van der Waals surface area contributed by atoms with Gasteiger partial charge in [0, 0.05) is 19.6 Å². The number of hydrogen-bond acceptors (Lipinski definition) is 1. The molecule has 0 saturated heterocycles. The van der Waals surface area contributed by atoms with Gasteiger partial charge in [0.15, 0.2) is 0 Å². The van der Waals surface area contributed by atoms with Crippen LogP contribution >= 0.6 is 0 Å². The van der Waals surface area contributed by atoms with Gasteiger partial charge >= 0.3 is 0 Å². The van der Waals surface area contributed by atoms with E-state index in [1.54, 1.807) is 0 Å². The summed E-state index contributed by atoms with van der Waals surface area (Å²) in [5.74, 6) is 0. The molecule has 3 rings (SSSR count). The van der Waals surface area contributed by atoms with E-state index < -0.39 is 0 Å². The van der Waals surface area contributed by atoms with Crippen molar-refractivity contribution in [2.45, 2.75) is 6.42 Å². The van der Waals surface area contributed by atoms with Crippen LogP contribution in [0.2, 0.25) is 0 Å². The number of fused-ring (bicyclic) bond motifs is 1. The van der Waals surface area contributed by atoms with Crippen molar-refractivity contribution in [2.75, 3.05) is 19.6 Å². The average molecular weight is 197 g/mol. The normalized spacial score (nSPS) is 19.3. The van der Waals surface area contributed by atoms with Gasteiger partial charge < -0.3 is 0 Å². The molecule has 0 unspecified atom stereocenters. The summed E-state index contributed by atoms with van der Waals surface area (Å²) >= 11 is 0. The zero-order chi connectivity index (χ0) is 10.1. The first-order chi connectivity index (χ1) is 7.43. The van der Waals surface area contributed by atoms with E-state index in [0.29, 0.717) is 0 Å². The van der Waals surface area contributed by atoms with Crippen molar-refractivity contribution >= 4 is 11.6 Å². The SMILES string of the molecule is C1=CCN(CC2=Cc3ccccc32)CC1. The Morgan fingerprint density at radius 3 is 2.87 bits per heavy atom. The summed E-state index contributed by atoms with van der Waals surface area (Å²) in [7, 11) is 0. The maximum Gasteiger partial charge on any atom is 0.0243 e. The third kappa shape index (κ3) is 1.64. The topological polar surface area (TPSA) is 3.24 Å². The summed E-state index contributed by atoms with van der Waals surface area (Å²) < 4.78 is 0. The fourth-order valence-corrected chi connectivity index (χ4v) is 2.31. The third-order valence-electron chi connectivity index (χ3n) is 3.17. The van der Waals surface area contributed by atoms with Crippen molar-refractivity contribution in [1.82, 2.24) is 4.90 Å². The molecule has 1 aliphatic carbocycles. The maximum atomic E-state index is 2.50. The average Bonchev–Trinajstić information content (AvgIpc) is 2.27. The molecule has 1 aromatic carbocycles. The summed E-state index contributed by atoms with van der Waals surface area (Å²) in [5, 5.41) is 0. The Kier molecular flexibility index (Phi) is 2.18. The van der Waals surface area contributed by atoms with Crippen molar-refractivity contribution in [1.29, 1.82) is 0 Å². The first-order valence-electron chi connectivity index (χ1n) is 5.61. The van der Waals surface area contributed by atoms with Crippen LogP contribution in [0.5, 0.6) is 0 Å². The molecule has 0 bridgehead atoms. The van der Waals surface area contributed by atoms with E-state index in [4.69, 9.17) is 0 Å². The van der Waals surface area contributed by atoms with E-state index in [-0.39, 0.29) is 0 Å².